The molecule has 0 heterocycles. The second-order valence-electron chi connectivity index (χ2n) is 24.5. The normalized spacial score (nSPS) is 12.9. The number of ether oxygens (including phenoxy) is 2. The Morgan fingerprint density at radius 1 is 0.362 bits per heavy atom. The lowest BCUT2D eigenvalue weighted by Crippen LogP contribution is -2.29. The summed E-state index contributed by atoms with van der Waals surface area (Å²) < 4.78 is 33.2. The molecule has 10 heteroatoms. The van der Waals surface area contributed by atoms with Gasteiger partial charge in [0.15, 0.2) is 6.10 Å². The van der Waals surface area contributed by atoms with Crippen molar-refractivity contribution in [3.8, 4) is 0 Å². The highest BCUT2D eigenvalue weighted by Crippen LogP contribution is 2.43. The molecule has 0 rings (SSSR count). The molecule has 0 fully saturated rings. The van der Waals surface area contributed by atoms with Crippen molar-refractivity contribution in [2.45, 2.75) is 399 Å². The maximum Gasteiger partial charge on any atom is 0.472 e. The summed E-state index contributed by atoms with van der Waals surface area (Å²) in [7, 11) is -4.39. The third-order valence-electron chi connectivity index (χ3n) is 16.4. The number of carbonyl (C=O) groups excluding carboxylic acids is 2. The van der Waals surface area contributed by atoms with Crippen molar-refractivity contribution in [2.24, 2.45) is 5.73 Å². The summed E-state index contributed by atoms with van der Waals surface area (Å²) in [4.78, 5) is 35.3. The Hall–Kier alpha value is -1.25. The van der Waals surface area contributed by atoms with Gasteiger partial charge in [-0.15, -0.1) is 0 Å². The zero-order valence-electron chi connectivity index (χ0n) is 53.6. The van der Waals surface area contributed by atoms with Gasteiger partial charge in [0.2, 0.25) is 0 Å². The van der Waals surface area contributed by atoms with Crippen LogP contribution in [0.2, 0.25) is 0 Å². The molecule has 0 aliphatic heterocycles. The van der Waals surface area contributed by atoms with Crippen molar-refractivity contribution in [1.82, 2.24) is 0 Å². The van der Waals surface area contributed by atoms with Crippen LogP contribution in [0.25, 0.3) is 0 Å². The van der Waals surface area contributed by atoms with Crippen molar-refractivity contribution in [1.29, 1.82) is 0 Å². The third-order valence-corrected chi connectivity index (χ3v) is 17.4. The quantitative estimate of drug-likeness (QED) is 0.0264. The smallest absolute Gasteiger partial charge is 0.462 e. The van der Waals surface area contributed by atoms with Crippen molar-refractivity contribution in [2.75, 3.05) is 26.4 Å². The topological polar surface area (TPSA) is 134 Å². The largest absolute Gasteiger partial charge is 0.472 e. The minimum Gasteiger partial charge on any atom is -0.462 e. The van der Waals surface area contributed by atoms with Crippen LogP contribution < -0.4 is 5.73 Å². The van der Waals surface area contributed by atoms with Crippen LogP contribution in [0.5, 0.6) is 0 Å². The number of rotatable bonds is 69. The van der Waals surface area contributed by atoms with E-state index in [2.05, 4.69) is 26.0 Å². The van der Waals surface area contributed by atoms with Crippen LogP contribution in [-0.2, 0) is 32.7 Å². The van der Waals surface area contributed by atoms with Crippen LogP contribution in [0.1, 0.15) is 393 Å². The van der Waals surface area contributed by atoms with Gasteiger partial charge in [-0.05, 0) is 38.5 Å². The number of hydrogen-bond acceptors (Lipinski definition) is 8. The molecule has 0 amide bonds. The van der Waals surface area contributed by atoms with E-state index in [1.807, 2.05) is 0 Å². The lowest BCUT2D eigenvalue weighted by molar-refractivity contribution is -0.161. The Morgan fingerprint density at radius 2 is 0.613 bits per heavy atom. The molecule has 80 heavy (non-hydrogen) atoms. The molecule has 2 atom stereocenters. The fourth-order valence-corrected chi connectivity index (χ4v) is 11.9. The third kappa shape index (κ3) is 65.9. The Balaban J connectivity index is 3.78. The molecule has 9 nitrogen and oxygen atoms in total. The number of esters is 2. The summed E-state index contributed by atoms with van der Waals surface area (Å²) in [6.45, 7) is 3.83. The van der Waals surface area contributed by atoms with Crippen LogP contribution in [-0.4, -0.2) is 49.3 Å². The molecular weight excluding hydrogens is 1010 g/mol. The Bertz CT molecular complexity index is 1320. The zero-order valence-corrected chi connectivity index (χ0v) is 54.5. The first kappa shape index (κ1) is 78.8. The average Bonchev–Trinajstić information content (AvgIpc) is 3.45. The monoisotopic (exact) mass is 1150 g/mol. The molecule has 0 saturated carbocycles. The summed E-state index contributed by atoms with van der Waals surface area (Å²) in [5.74, 6) is -0.802. The van der Waals surface area contributed by atoms with Crippen molar-refractivity contribution in [3.05, 3.63) is 12.2 Å². The molecule has 2 unspecified atom stereocenters. The molecule has 0 aliphatic rings. The van der Waals surface area contributed by atoms with Gasteiger partial charge in [-0.2, -0.15) is 0 Å². The van der Waals surface area contributed by atoms with Crippen molar-refractivity contribution in [3.63, 3.8) is 0 Å². The van der Waals surface area contributed by atoms with E-state index in [1.165, 1.54) is 327 Å². The highest BCUT2D eigenvalue weighted by molar-refractivity contribution is 7.47. The van der Waals surface area contributed by atoms with E-state index in [-0.39, 0.29) is 38.6 Å². The number of unbranched alkanes of at least 4 members (excludes halogenated alkanes) is 54. The van der Waals surface area contributed by atoms with Gasteiger partial charge in [-0.3, -0.25) is 18.6 Å². The van der Waals surface area contributed by atoms with E-state index < -0.39 is 26.5 Å². The fraction of sp³-hybridized carbons (Fsp3) is 0.943. The second kappa shape index (κ2) is 66.9. The summed E-state index contributed by atoms with van der Waals surface area (Å²) in [5, 5.41) is 0. The first-order valence-electron chi connectivity index (χ1n) is 35.7. The van der Waals surface area contributed by atoms with Crippen LogP contribution in [0.4, 0.5) is 0 Å². The van der Waals surface area contributed by atoms with Crippen LogP contribution in [0.15, 0.2) is 12.2 Å². The van der Waals surface area contributed by atoms with Gasteiger partial charge in [0.1, 0.15) is 6.61 Å². The minimum atomic E-state index is -4.39. The zero-order chi connectivity index (χ0) is 58.0. The fourth-order valence-electron chi connectivity index (χ4n) is 11.1. The van der Waals surface area contributed by atoms with Gasteiger partial charge < -0.3 is 20.1 Å². The maximum absolute atomic E-state index is 12.8. The van der Waals surface area contributed by atoms with Crippen LogP contribution >= 0.6 is 7.82 Å². The van der Waals surface area contributed by atoms with Gasteiger partial charge in [0.05, 0.1) is 13.2 Å². The number of phosphoric acid groups is 1. The Kier molecular flexibility index (Phi) is 65.8. The second-order valence-corrected chi connectivity index (χ2v) is 25.9. The molecule has 476 valence electrons. The molecule has 0 spiro atoms. The first-order chi connectivity index (χ1) is 39.3. The van der Waals surface area contributed by atoms with Gasteiger partial charge in [-0.25, -0.2) is 4.57 Å². The molecule has 0 saturated heterocycles. The lowest BCUT2D eigenvalue weighted by Gasteiger charge is -2.19. The standard InChI is InChI=1S/C70H138NO8P/c1-3-5-7-9-11-13-15-17-19-21-23-25-27-29-30-31-32-33-34-35-36-37-39-40-42-44-46-48-50-52-54-56-58-60-62-69(72)76-66-68(67-78-80(74,75)77-65-64-71)79-70(73)63-61-59-57-55-53-51-49-47-45-43-41-38-28-26-24-22-20-18-16-14-12-10-8-6-4-2/h22,24,68H,3-21,23,25-67,71H2,1-2H3,(H,74,75)/b24-22-. The molecule has 3 N–H and O–H groups in total. The van der Waals surface area contributed by atoms with Gasteiger partial charge in [0.25, 0.3) is 0 Å². The molecule has 0 aromatic carbocycles. The number of carbonyl (C=O) groups is 2. The Labute approximate surface area is 498 Å². The van der Waals surface area contributed by atoms with E-state index in [4.69, 9.17) is 24.3 Å². The molecule has 0 radical (unpaired) electrons. The van der Waals surface area contributed by atoms with Crippen molar-refractivity contribution >= 4 is 19.8 Å². The van der Waals surface area contributed by atoms with Gasteiger partial charge in [0, 0.05) is 19.4 Å². The van der Waals surface area contributed by atoms with E-state index in [1.54, 1.807) is 0 Å². The predicted octanol–water partition coefficient (Wildman–Crippen LogP) is 23.1. The van der Waals surface area contributed by atoms with Crippen molar-refractivity contribution < 1.29 is 37.6 Å². The van der Waals surface area contributed by atoms with Gasteiger partial charge >= 0.3 is 19.8 Å². The summed E-state index contributed by atoms with van der Waals surface area (Å²) >= 11 is 0. The molecule has 0 aromatic rings. The summed E-state index contributed by atoms with van der Waals surface area (Å²) in [5.41, 5.74) is 5.40. The van der Waals surface area contributed by atoms with E-state index >= 15 is 0 Å². The maximum atomic E-state index is 12.8. The predicted molar refractivity (Wildman–Crippen MR) is 345 cm³/mol. The first-order valence-corrected chi connectivity index (χ1v) is 37.2. The lowest BCUT2D eigenvalue weighted by atomic mass is 10.0. The highest BCUT2D eigenvalue weighted by atomic mass is 31.2. The number of allylic oxidation sites excluding steroid dienone is 2. The molecule has 0 aliphatic carbocycles. The number of nitrogens with two attached hydrogens (primary N) is 1. The Morgan fingerprint density at radius 3 is 0.887 bits per heavy atom. The number of phosphoric ester groups is 1. The molecule has 0 aromatic heterocycles. The summed E-state index contributed by atoms with van der Waals surface area (Å²) in [6, 6.07) is 0. The van der Waals surface area contributed by atoms with Crippen LogP contribution in [0.3, 0.4) is 0 Å². The summed E-state index contributed by atoms with van der Waals surface area (Å²) in [6.07, 6.45) is 80.4. The van der Waals surface area contributed by atoms with E-state index in [0.29, 0.717) is 6.42 Å². The van der Waals surface area contributed by atoms with Gasteiger partial charge in [-0.1, -0.05) is 353 Å². The van der Waals surface area contributed by atoms with Crippen LogP contribution in [0, 0.1) is 0 Å². The minimum absolute atomic E-state index is 0.0573. The average molecular weight is 1150 g/mol. The highest BCUT2D eigenvalue weighted by Gasteiger charge is 2.26. The molecule has 0 bridgehead atoms. The van der Waals surface area contributed by atoms with E-state index in [9.17, 15) is 19.0 Å². The van der Waals surface area contributed by atoms with E-state index in [0.717, 1.165) is 32.1 Å². The number of hydrogen-bond donors (Lipinski definition) is 2. The SMILES string of the molecule is CCCCCCCCCC/C=C\CCCCCCCCCCCCCCCC(=O)OC(COC(=O)CCCCCCCCCCCCCCCCCCCCCCCCCCCCCCCCCCCC)COP(=O)(O)OCCN. The molecular formula is C70H138NO8P.